The number of hydrogen-bond acceptors (Lipinski definition) is 8. The maximum atomic E-state index is 10.5. The molecule has 0 fully saturated rings. The second-order valence-corrected chi connectivity index (χ2v) is 2.20. The maximum absolute atomic E-state index is 10.5. The highest BCUT2D eigenvalue weighted by Crippen LogP contribution is 1.92. The summed E-state index contributed by atoms with van der Waals surface area (Å²) in [5.41, 5.74) is 0. The van der Waals surface area contributed by atoms with Crippen LogP contribution in [0.3, 0.4) is 0 Å². The average molecular weight is 211 g/mol. The van der Waals surface area contributed by atoms with E-state index >= 15 is 0 Å². The summed E-state index contributed by atoms with van der Waals surface area (Å²) in [5, 5.41) is 33.7. The minimum absolute atomic E-state index is 0. The molecule has 0 aliphatic carbocycles. The van der Waals surface area contributed by atoms with E-state index < -0.39 is 37.4 Å². The van der Waals surface area contributed by atoms with Gasteiger partial charge in [0.2, 0.25) is 0 Å². The molecule has 0 spiro atoms. The van der Waals surface area contributed by atoms with E-state index in [1.54, 1.807) is 0 Å². The summed E-state index contributed by atoms with van der Waals surface area (Å²) in [4.78, 5) is 28.5. The smallest absolute Gasteiger partial charge is 0.393 e. The number of carbonyl (C=O) groups is 2. The number of aliphatic hydroxyl groups is 4. The molecule has 8 heteroatoms. The molecule has 2 unspecified atom stereocenters. The normalized spacial score (nSPS) is 14.3. The van der Waals surface area contributed by atoms with E-state index in [2.05, 4.69) is 9.78 Å². The monoisotopic (exact) mass is 211 g/mol. The third-order valence-electron chi connectivity index (χ3n) is 1.10. The van der Waals surface area contributed by atoms with Gasteiger partial charge in [0.05, 0.1) is 13.2 Å². The first kappa shape index (κ1) is 12.8. The van der Waals surface area contributed by atoms with Gasteiger partial charge in [-0.15, -0.1) is 0 Å². The highest BCUT2D eigenvalue weighted by atomic mass is 17.2. The summed E-state index contributed by atoms with van der Waals surface area (Å²) >= 11 is 0. The van der Waals surface area contributed by atoms with Crippen molar-refractivity contribution in [3.63, 3.8) is 0 Å². The first-order valence-electron chi connectivity index (χ1n) is 3.53. The van der Waals surface area contributed by atoms with E-state index in [0.29, 0.717) is 0 Å². The molecule has 0 aromatic heterocycles. The molecule has 82 valence electrons. The average Bonchev–Trinajstić information content (AvgIpc) is 2.22. The molecule has 8 nitrogen and oxygen atoms in total. The molecule has 0 bridgehead atoms. The topological polar surface area (TPSA) is 134 Å². The zero-order chi connectivity index (χ0) is 11.1. The Kier molecular flexibility index (Phi) is 5.72. The fraction of sp³-hybridized carbons (Fsp3) is 0.667. The summed E-state index contributed by atoms with van der Waals surface area (Å²) in [7, 11) is 0. The van der Waals surface area contributed by atoms with Crippen molar-refractivity contribution in [3.8, 4) is 0 Å². The van der Waals surface area contributed by atoms with Crippen molar-refractivity contribution in [2.24, 2.45) is 0 Å². The lowest BCUT2D eigenvalue weighted by Gasteiger charge is -2.07. The molecule has 14 heavy (non-hydrogen) atoms. The standard InChI is InChI=1S/C6H10O8/c7-1-3(9)5(11)13-14-6(12)4(10)2-8/h3-4,7-10H,1-2H2/p+1. The van der Waals surface area contributed by atoms with Crippen LogP contribution in [0.2, 0.25) is 0 Å². The van der Waals surface area contributed by atoms with Gasteiger partial charge in [0.1, 0.15) is 0 Å². The Morgan fingerprint density at radius 1 is 1.00 bits per heavy atom. The Balaban J connectivity index is 0. The van der Waals surface area contributed by atoms with Crippen LogP contribution in [-0.4, -0.2) is 57.8 Å². The minimum atomic E-state index is -1.82. The van der Waals surface area contributed by atoms with Crippen molar-refractivity contribution in [2.45, 2.75) is 12.2 Å². The maximum Gasteiger partial charge on any atom is 1.00 e. The quantitative estimate of drug-likeness (QED) is 0.282. The Bertz CT molecular complexity index is 185. The summed E-state index contributed by atoms with van der Waals surface area (Å²) < 4.78 is 0. The number of aliphatic hydroxyl groups excluding tert-OH is 4. The molecular weight excluding hydrogens is 200 g/mol. The molecule has 0 aromatic carbocycles. The summed E-state index contributed by atoms with van der Waals surface area (Å²) in [5.74, 6) is -2.77. The fourth-order valence-electron chi connectivity index (χ4n) is 0.342. The zero-order valence-electron chi connectivity index (χ0n) is 7.99. The van der Waals surface area contributed by atoms with Crippen LogP contribution in [0, 0.1) is 0 Å². The molecule has 0 aliphatic heterocycles. The van der Waals surface area contributed by atoms with Crippen molar-refractivity contribution in [1.29, 1.82) is 0 Å². The van der Waals surface area contributed by atoms with Crippen LogP contribution in [0.25, 0.3) is 0 Å². The van der Waals surface area contributed by atoms with Gasteiger partial charge in [0.15, 0.2) is 12.2 Å². The largest absolute Gasteiger partial charge is 1.00 e. The van der Waals surface area contributed by atoms with E-state index in [1.165, 1.54) is 0 Å². The SMILES string of the molecule is O=C(OOC(=O)C(O)CO)C(O)CO.[H+]. The van der Waals surface area contributed by atoms with Crippen LogP contribution < -0.4 is 0 Å². The molecule has 0 heterocycles. The number of rotatable bonds is 4. The summed E-state index contributed by atoms with van der Waals surface area (Å²) in [6.45, 7) is -1.78. The first-order valence-corrected chi connectivity index (χ1v) is 3.53. The molecular formula is C6H11O8+. The van der Waals surface area contributed by atoms with E-state index in [4.69, 9.17) is 20.4 Å². The van der Waals surface area contributed by atoms with E-state index in [-0.39, 0.29) is 1.43 Å². The van der Waals surface area contributed by atoms with Crippen LogP contribution in [0.1, 0.15) is 1.43 Å². The number of hydrogen-bond donors (Lipinski definition) is 4. The summed E-state index contributed by atoms with van der Waals surface area (Å²) in [6, 6.07) is 0. The van der Waals surface area contributed by atoms with Crippen LogP contribution in [0.15, 0.2) is 0 Å². The van der Waals surface area contributed by atoms with Crippen molar-refractivity contribution in [2.75, 3.05) is 13.2 Å². The molecule has 4 N–H and O–H groups in total. The van der Waals surface area contributed by atoms with Gasteiger partial charge >= 0.3 is 13.4 Å². The van der Waals surface area contributed by atoms with E-state index in [1.807, 2.05) is 0 Å². The highest BCUT2D eigenvalue weighted by Gasteiger charge is 2.22. The van der Waals surface area contributed by atoms with Crippen LogP contribution in [0.5, 0.6) is 0 Å². The third-order valence-corrected chi connectivity index (χ3v) is 1.10. The Morgan fingerprint density at radius 3 is 1.50 bits per heavy atom. The van der Waals surface area contributed by atoms with Gasteiger partial charge in [0.25, 0.3) is 0 Å². The molecule has 0 radical (unpaired) electrons. The number of carbonyl (C=O) groups excluding carboxylic acids is 2. The minimum Gasteiger partial charge on any atom is -0.393 e. The second-order valence-electron chi connectivity index (χ2n) is 2.20. The van der Waals surface area contributed by atoms with Gasteiger partial charge in [-0.3, -0.25) is 0 Å². The van der Waals surface area contributed by atoms with Gasteiger partial charge in [-0.1, -0.05) is 0 Å². The Morgan fingerprint density at radius 2 is 1.29 bits per heavy atom. The molecule has 2 atom stereocenters. The van der Waals surface area contributed by atoms with Gasteiger partial charge in [-0.05, 0) is 0 Å². The molecule has 0 saturated heterocycles. The van der Waals surface area contributed by atoms with Crippen molar-refractivity contribution in [1.82, 2.24) is 0 Å². The predicted octanol–water partition coefficient (Wildman–Crippen LogP) is -3.19. The predicted molar refractivity (Wildman–Crippen MR) is 39.5 cm³/mol. The lowest BCUT2D eigenvalue weighted by atomic mass is 10.4. The molecule has 0 aromatic rings. The van der Waals surface area contributed by atoms with Crippen molar-refractivity contribution >= 4 is 11.9 Å². The van der Waals surface area contributed by atoms with Gasteiger partial charge in [-0.2, -0.15) is 0 Å². The van der Waals surface area contributed by atoms with Crippen LogP contribution in [0.4, 0.5) is 0 Å². The highest BCUT2D eigenvalue weighted by molar-refractivity contribution is 5.77. The van der Waals surface area contributed by atoms with Crippen molar-refractivity contribution < 1.29 is 41.2 Å². The Labute approximate surface area is 79.7 Å². The molecule has 0 amide bonds. The van der Waals surface area contributed by atoms with Gasteiger partial charge in [-0.25, -0.2) is 19.4 Å². The van der Waals surface area contributed by atoms with Crippen molar-refractivity contribution in [3.05, 3.63) is 0 Å². The fourth-order valence-corrected chi connectivity index (χ4v) is 0.342. The van der Waals surface area contributed by atoms with Crippen LogP contribution >= 0.6 is 0 Å². The van der Waals surface area contributed by atoms with E-state index in [9.17, 15) is 9.59 Å². The zero-order valence-corrected chi connectivity index (χ0v) is 6.99. The third kappa shape index (κ3) is 4.14. The Hall–Kier alpha value is -1.22. The van der Waals surface area contributed by atoms with Crippen LogP contribution in [-0.2, 0) is 19.4 Å². The lowest BCUT2D eigenvalue weighted by molar-refractivity contribution is -0.270. The van der Waals surface area contributed by atoms with Gasteiger partial charge in [0, 0.05) is 0 Å². The second kappa shape index (κ2) is 6.27. The van der Waals surface area contributed by atoms with Gasteiger partial charge < -0.3 is 20.4 Å². The lowest BCUT2D eigenvalue weighted by Crippen LogP contribution is -2.31. The van der Waals surface area contributed by atoms with E-state index in [0.717, 1.165) is 0 Å². The molecule has 0 aliphatic rings. The summed E-state index contributed by atoms with van der Waals surface area (Å²) in [6.07, 6.45) is -3.65. The molecule has 0 saturated carbocycles. The molecule has 0 rings (SSSR count). The first-order chi connectivity index (χ1) is 6.52.